The van der Waals surface area contributed by atoms with Crippen molar-refractivity contribution in [2.24, 2.45) is 5.41 Å². The average Bonchev–Trinajstić information content (AvgIpc) is 3.15. The Kier molecular flexibility index (Phi) is 7.22. The molecule has 1 aliphatic heterocycles. The van der Waals surface area contributed by atoms with E-state index >= 15 is 0 Å². The molecule has 33 heavy (non-hydrogen) atoms. The molecule has 1 saturated heterocycles. The molecule has 0 bridgehead atoms. The van der Waals surface area contributed by atoms with Gasteiger partial charge in [0.25, 0.3) is 0 Å². The van der Waals surface area contributed by atoms with Crippen molar-refractivity contribution in [3.05, 3.63) is 53.5 Å². The summed E-state index contributed by atoms with van der Waals surface area (Å²) < 4.78 is 44.9. The highest BCUT2D eigenvalue weighted by molar-refractivity contribution is 5.82. The lowest BCUT2D eigenvalue weighted by molar-refractivity contribution is -0.139. The Morgan fingerprint density at radius 2 is 2.03 bits per heavy atom. The Morgan fingerprint density at radius 1 is 1.27 bits per heavy atom. The number of carbonyl (C=O) groups excluding carboxylic acids is 1. The highest BCUT2D eigenvalue weighted by atomic mass is 19.4. The number of ether oxygens (including phenoxy) is 1. The number of nitrogens with zero attached hydrogens (tertiary/aromatic N) is 4. The van der Waals surface area contributed by atoms with Crippen LogP contribution >= 0.6 is 0 Å². The number of nitrogens with one attached hydrogen (secondary N) is 1. The smallest absolute Gasteiger partial charge is 0.421 e. The second kappa shape index (κ2) is 9.75. The van der Waals surface area contributed by atoms with Gasteiger partial charge in [0.05, 0.1) is 18.0 Å². The van der Waals surface area contributed by atoms with E-state index in [0.717, 1.165) is 17.3 Å². The highest BCUT2D eigenvalue weighted by Gasteiger charge is 2.39. The first kappa shape index (κ1) is 24.5. The third kappa shape index (κ3) is 5.99. The van der Waals surface area contributed by atoms with Crippen molar-refractivity contribution in [1.29, 1.82) is 5.26 Å². The molecule has 2 atom stereocenters. The molecule has 1 aliphatic rings. The number of carbonyl (C=O) groups is 1. The number of halogens is 3. The molecule has 1 N–H and O–H groups in total. The van der Waals surface area contributed by atoms with Crippen molar-refractivity contribution in [2.45, 2.75) is 38.9 Å². The number of alkyl halides is 3. The van der Waals surface area contributed by atoms with Crippen LogP contribution in [0.2, 0.25) is 0 Å². The molecule has 1 fully saturated rings. The van der Waals surface area contributed by atoms with Crippen LogP contribution in [0.15, 0.2) is 36.7 Å². The maximum atomic E-state index is 13.2. The average molecular weight is 461 g/mol. The largest absolute Gasteiger partial charge is 0.476 e. The maximum Gasteiger partial charge on any atom is 0.421 e. The van der Waals surface area contributed by atoms with Gasteiger partial charge in [0.1, 0.15) is 12.2 Å². The first-order valence-corrected chi connectivity index (χ1v) is 10.5. The Morgan fingerprint density at radius 3 is 2.67 bits per heavy atom. The number of hydrogen-bond acceptors (Lipinski definition) is 6. The van der Waals surface area contributed by atoms with E-state index < -0.39 is 23.0 Å². The predicted molar refractivity (Wildman–Crippen MR) is 114 cm³/mol. The predicted octanol–water partition coefficient (Wildman–Crippen LogP) is 3.32. The van der Waals surface area contributed by atoms with Gasteiger partial charge in [0.2, 0.25) is 11.8 Å². The summed E-state index contributed by atoms with van der Waals surface area (Å²) in [5.74, 6) is -0.990. The van der Waals surface area contributed by atoms with E-state index in [1.807, 2.05) is 24.0 Å². The van der Waals surface area contributed by atoms with E-state index in [2.05, 4.69) is 21.4 Å². The number of rotatable bonds is 7. The van der Waals surface area contributed by atoms with E-state index in [1.54, 1.807) is 20.0 Å². The van der Waals surface area contributed by atoms with Gasteiger partial charge in [-0.25, -0.2) is 4.98 Å². The lowest BCUT2D eigenvalue weighted by atomic mass is 9.90. The molecule has 10 heteroatoms. The molecule has 1 amide bonds. The van der Waals surface area contributed by atoms with Crippen molar-refractivity contribution in [3.8, 4) is 11.9 Å². The van der Waals surface area contributed by atoms with Crippen LogP contribution in [0.3, 0.4) is 0 Å². The summed E-state index contributed by atoms with van der Waals surface area (Å²) in [4.78, 5) is 23.0. The number of likely N-dealkylation sites (tertiary alicyclic amines) is 1. The number of amides is 1. The molecule has 3 heterocycles. The zero-order chi connectivity index (χ0) is 24.2. The van der Waals surface area contributed by atoms with Crippen LogP contribution in [0.1, 0.15) is 36.6 Å². The standard InChI is InChI=1S/C23H26F3N5O2/c1-15-6-7-16(11-29-15)17-12-31(10-8-27)13-19(17)30-21(32)22(2,3)14-33-20-18(23(24,25)26)5-4-9-28-20/h4-7,9,11,17,19H,10,12-14H2,1-3H3,(H,30,32)/t17-,19+/m1/s1. The lowest BCUT2D eigenvalue weighted by Crippen LogP contribution is -2.48. The third-order valence-corrected chi connectivity index (χ3v) is 5.63. The van der Waals surface area contributed by atoms with Gasteiger partial charge in [0.15, 0.2) is 0 Å². The molecule has 176 valence electrons. The van der Waals surface area contributed by atoms with E-state index in [-0.39, 0.29) is 31.0 Å². The number of pyridine rings is 2. The number of nitriles is 1. The quantitative estimate of drug-likeness (QED) is 0.636. The van der Waals surface area contributed by atoms with Gasteiger partial charge in [-0.1, -0.05) is 6.07 Å². The van der Waals surface area contributed by atoms with E-state index in [1.165, 1.54) is 12.3 Å². The molecule has 0 spiro atoms. The van der Waals surface area contributed by atoms with Crippen molar-refractivity contribution < 1.29 is 22.7 Å². The third-order valence-electron chi connectivity index (χ3n) is 5.63. The van der Waals surface area contributed by atoms with E-state index in [4.69, 9.17) is 10.00 Å². The van der Waals surface area contributed by atoms with Gasteiger partial charge in [-0.2, -0.15) is 18.4 Å². The topological polar surface area (TPSA) is 91.1 Å². The van der Waals surface area contributed by atoms with Crippen LogP contribution in [0.25, 0.3) is 0 Å². The first-order chi connectivity index (χ1) is 15.5. The Hall–Kier alpha value is -3.19. The van der Waals surface area contributed by atoms with Gasteiger partial charge < -0.3 is 10.1 Å². The van der Waals surface area contributed by atoms with Crippen LogP contribution < -0.4 is 10.1 Å². The molecule has 0 unspecified atom stereocenters. The zero-order valence-corrected chi connectivity index (χ0v) is 18.7. The second-order valence-corrected chi connectivity index (χ2v) is 8.80. The molecular weight excluding hydrogens is 435 g/mol. The van der Waals surface area contributed by atoms with E-state index in [9.17, 15) is 18.0 Å². The molecule has 0 aromatic carbocycles. The summed E-state index contributed by atoms with van der Waals surface area (Å²) in [6.07, 6.45) is -1.64. The first-order valence-electron chi connectivity index (χ1n) is 10.5. The maximum absolute atomic E-state index is 13.2. The van der Waals surface area contributed by atoms with Gasteiger partial charge in [-0.3, -0.25) is 14.7 Å². The number of hydrogen-bond donors (Lipinski definition) is 1. The fourth-order valence-corrected chi connectivity index (χ4v) is 3.70. The summed E-state index contributed by atoms with van der Waals surface area (Å²) in [6.45, 7) is 6.09. The SMILES string of the molecule is Cc1ccc([C@H]2CN(CC#N)C[C@@H]2NC(=O)C(C)(C)COc2ncccc2C(F)(F)F)cn1. The minimum Gasteiger partial charge on any atom is -0.476 e. The fourth-order valence-electron chi connectivity index (χ4n) is 3.70. The van der Waals surface area contributed by atoms with Crippen LogP contribution in [0.5, 0.6) is 5.88 Å². The van der Waals surface area contributed by atoms with Crippen LogP contribution in [-0.4, -0.2) is 53.1 Å². The summed E-state index contributed by atoms with van der Waals surface area (Å²) in [5, 5.41) is 12.1. The van der Waals surface area contributed by atoms with E-state index in [0.29, 0.717) is 13.1 Å². The molecule has 2 aromatic heterocycles. The van der Waals surface area contributed by atoms with Crippen LogP contribution in [0.4, 0.5) is 13.2 Å². The van der Waals surface area contributed by atoms with Crippen LogP contribution in [0, 0.1) is 23.7 Å². The van der Waals surface area contributed by atoms with Crippen LogP contribution in [-0.2, 0) is 11.0 Å². The van der Waals surface area contributed by atoms with Crippen molar-refractivity contribution >= 4 is 5.91 Å². The lowest BCUT2D eigenvalue weighted by Gasteiger charge is -2.28. The minimum atomic E-state index is -4.61. The molecule has 0 aliphatic carbocycles. The molecule has 2 aromatic rings. The molecule has 0 saturated carbocycles. The highest BCUT2D eigenvalue weighted by Crippen LogP contribution is 2.35. The van der Waals surface area contributed by atoms with Gasteiger partial charge in [-0.05, 0) is 44.5 Å². The second-order valence-electron chi connectivity index (χ2n) is 8.80. The fraction of sp³-hybridized carbons (Fsp3) is 0.478. The van der Waals surface area contributed by atoms with Gasteiger partial charge >= 0.3 is 6.18 Å². The van der Waals surface area contributed by atoms with Crippen molar-refractivity contribution in [1.82, 2.24) is 20.2 Å². The summed E-state index contributed by atoms with van der Waals surface area (Å²) in [7, 11) is 0. The Labute approximate surface area is 190 Å². The molecule has 3 rings (SSSR count). The number of aryl methyl sites for hydroxylation is 1. The Balaban J connectivity index is 1.71. The number of aromatic nitrogens is 2. The summed E-state index contributed by atoms with van der Waals surface area (Å²) in [5.41, 5.74) is -0.295. The zero-order valence-electron chi connectivity index (χ0n) is 18.7. The van der Waals surface area contributed by atoms with Crippen molar-refractivity contribution in [2.75, 3.05) is 26.2 Å². The Bertz CT molecular complexity index is 1020. The molecule has 0 radical (unpaired) electrons. The molecule has 7 nitrogen and oxygen atoms in total. The summed E-state index contributed by atoms with van der Waals surface area (Å²) in [6, 6.07) is 7.76. The minimum absolute atomic E-state index is 0.0697. The van der Waals surface area contributed by atoms with Gasteiger partial charge in [-0.15, -0.1) is 0 Å². The normalized spacial score (nSPS) is 19.2. The monoisotopic (exact) mass is 461 g/mol. The van der Waals surface area contributed by atoms with Crippen molar-refractivity contribution in [3.63, 3.8) is 0 Å². The molecular formula is C23H26F3N5O2. The van der Waals surface area contributed by atoms with Gasteiger partial charge in [0, 0.05) is 43.1 Å². The summed E-state index contributed by atoms with van der Waals surface area (Å²) >= 11 is 0.